The Bertz CT molecular complexity index is 1940. The van der Waals surface area contributed by atoms with Gasteiger partial charge in [-0.05, 0) is 68.5 Å². The van der Waals surface area contributed by atoms with E-state index in [0.717, 1.165) is 46.9 Å². The molecule has 3 aromatic carbocycles. The van der Waals surface area contributed by atoms with Crippen molar-refractivity contribution < 1.29 is 28.7 Å². The zero-order valence-electron chi connectivity index (χ0n) is 33.2. The van der Waals surface area contributed by atoms with Crippen molar-refractivity contribution in [1.29, 1.82) is 0 Å². The van der Waals surface area contributed by atoms with Gasteiger partial charge in [-0.2, -0.15) is 0 Å². The van der Waals surface area contributed by atoms with Crippen LogP contribution in [0.5, 0.6) is 0 Å². The van der Waals surface area contributed by atoms with E-state index in [0.29, 0.717) is 19.4 Å². The molecule has 0 aliphatic carbocycles. The molecule has 58 heavy (non-hydrogen) atoms. The fourth-order valence-electron chi connectivity index (χ4n) is 7.12. The Morgan fingerprint density at radius 1 is 0.552 bits per heavy atom. The quantitative estimate of drug-likeness (QED) is 0.0741. The lowest BCUT2D eigenvalue weighted by Gasteiger charge is -2.29. The Morgan fingerprint density at radius 2 is 1.07 bits per heavy atom. The predicted molar refractivity (Wildman–Crippen MR) is 223 cm³/mol. The number of benzene rings is 3. The van der Waals surface area contributed by atoms with Gasteiger partial charge in [-0.1, -0.05) is 98.1 Å². The Hall–Kier alpha value is -5.57. The van der Waals surface area contributed by atoms with E-state index in [1.807, 2.05) is 84.9 Å². The van der Waals surface area contributed by atoms with Crippen LogP contribution in [0.1, 0.15) is 68.6 Å². The fraction of sp³-hybridized carbons (Fsp3) is 0.432. The maximum absolute atomic E-state index is 14.4. The number of rotatable bonds is 17. The zero-order valence-corrected chi connectivity index (χ0v) is 33.2. The Labute approximate surface area is 340 Å². The van der Waals surface area contributed by atoms with Gasteiger partial charge in [0, 0.05) is 29.9 Å². The maximum atomic E-state index is 14.4. The van der Waals surface area contributed by atoms with Gasteiger partial charge >= 0.3 is 0 Å². The van der Waals surface area contributed by atoms with Crippen molar-refractivity contribution >= 4 is 40.4 Å². The molecule has 1 aromatic heterocycles. The number of amides is 5. The topological polar surface area (TPSA) is 223 Å². The molecule has 0 saturated carbocycles. The van der Waals surface area contributed by atoms with Crippen LogP contribution in [0.2, 0.25) is 0 Å². The summed E-state index contributed by atoms with van der Waals surface area (Å²) in [6, 6.07) is 20.6. The molecule has 1 fully saturated rings. The largest absolute Gasteiger partial charge is 0.371 e. The van der Waals surface area contributed by atoms with Gasteiger partial charge in [-0.3, -0.25) is 24.0 Å². The van der Waals surface area contributed by atoms with Gasteiger partial charge in [0.25, 0.3) is 0 Å². The van der Waals surface area contributed by atoms with Crippen molar-refractivity contribution in [2.24, 2.45) is 11.5 Å². The summed E-state index contributed by atoms with van der Waals surface area (Å²) in [5, 5.41) is 15.3. The number of nitrogens with one attached hydrogen (secondary N) is 6. The van der Waals surface area contributed by atoms with Gasteiger partial charge in [0.2, 0.25) is 29.5 Å². The molecule has 5 amide bonds. The van der Waals surface area contributed by atoms with Crippen LogP contribution in [-0.4, -0.2) is 83.9 Å². The number of hydrogen-bond acceptors (Lipinski definition) is 8. The lowest BCUT2D eigenvalue weighted by molar-refractivity contribution is -0.137. The molecule has 10 N–H and O–H groups in total. The summed E-state index contributed by atoms with van der Waals surface area (Å²) in [5.41, 5.74) is 14.9. The maximum Gasteiger partial charge on any atom is 0.245 e. The van der Waals surface area contributed by atoms with Crippen LogP contribution in [0, 0.1) is 0 Å². The molecule has 14 heteroatoms. The number of unbranched alkanes of at least 4 members (excludes halogenated alkanes) is 3. The summed E-state index contributed by atoms with van der Waals surface area (Å²) in [7, 11) is 0. The fourth-order valence-corrected chi connectivity index (χ4v) is 7.12. The minimum Gasteiger partial charge on any atom is -0.371 e. The van der Waals surface area contributed by atoms with Crippen molar-refractivity contribution in [2.45, 2.75) is 108 Å². The highest BCUT2D eigenvalue weighted by Crippen LogP contribution is 2.20. The third kappa shape index (κ3) is 12.7. The first-order valence-electron chi connectivity index (χ1n) is 20.3. The van der Waals surface area contributed by atoms with Gasteiger partial charge in [-0.15, -0.1) is 0 Å². The number of carbonyl (C=O) groups is 5. The average molecular weight is 795 g/mol. The molecular weight excluding hydrogens is 737 g/mol. The number of aromatic nitrogens is 1. The summed E-state index contributed by atoms with van der Waals surface area (Å²) < 4.78 is 6.16. The van der Waals surface area contributed by atoms with Gasteiger partial charge in [0.05, 0.1) is 12.7 Å². The van der Waals surface area contributed by atoms with E-state index >= 15 is 0 Å². The van der Waals surface area contributed by atoms with Crippen molar-refractivity contribution in [1.82, 2.24) is 31.6 Å². The molecular formula is C44H58N8O6. The van der Waals surface area contributed by atoms with Crippen molar-refractivity contribution in [2.75, 3.05) is 13.1 Å². The number of para-hydroxylation sites is 1. The molecule has 1 saturated heterocycles. The van der Waals surface area contributed by atoms with Crippen LogP contribution in [0.15, 0.2) is 91.1 Å². The molecule has 1 aliphatic rings. The molecule has 1 aliphatic heterocycles. The molecule has 0 radical (unpaired) electrons. The Morgan fingerprint density at radius 3 is 1.74 bits per heavy atom. The van der Waals surface area contributed by atoms with Crippen molar-refractivity contribution in [3.8, 4) is 0 Å². The Kier molecular flexibility index (Phi) is 16.8. The summed E-state index contributed by atoms with van der Waals surface area (Å²) in [5.74, 6) is -3.05. The number of ether oxygens (including phenoxy) is 1. The SMILES string of the molecule is CC(OCc1ccccc1)C1NC(=O)C(CCCCCCN)NC(=O)C(Cc2ccccc2)NC(=O)C(Cc2c[nH]c3ccccc23)NC(=O)C(CCCN)NC1=O. The van der Waals surface area contributed by atoms with E-state index in [2.05, 4.69) is 31.6 Å². The normalized spacial score (nSPS) is 21.5. The molecule has 2 heterocycles. The highest BCUT2D eigenvalue weighted by Gasteiger charge is 2.36. The van der Waals surface area contributed by atoms with E-state index in [9.17, 15) is 24.0 Å². The van der Waals surface area contributed by atoms with E-state index in [1.165, 1.54) is 0 Å². The minimum atomic E-state index is -1.26. The molecule has 5 rings (SSSR count). The second kappa shape index (κ2) is 22.4. The average Bonchev–Trinajstić information content (AvgIpc) is 3.64. The summed E-state index contributed by atoms with van der Waals surface area (Å²) in [6.07, 6.45) is 4.99. The second-order valence-electron chi connectivity index (χ2n) is 14.9. The molecule has 4 aromatic rings. The van der Waals surface area contributed by atoms with Crippen LogP contribution >= 0.6 is 0 Å². The van der Waals surface area contributed by atoms with Crippen molar-refractivity contribution in [3.05, 3.63) is 108 Å². The standard InChI is InChI=1S/C44H58N8O6/c1-29(58-28-31-17-8-5-9-18-31)39-44(57)49-36(22-14-24-46)40(53)51-38(26-32-27-47-34-20-12-11-19-33(32)34)43(56)50-37(25-30-15-6-4-7-16-30)42(55)48-35(41(54)52-39)21-10-2-3-13-23-45/h4-9,11-12,15-20,27,29,35-39,47H,2-3,10,13-14,21-26,28,45-46H2,1H3,(H,48,55)(H,49,57)(H,50,56)(H,51,53)(H,52,54). The van der Waals surface area contributed by atoms with Gasteiger partial charge in [0.15, 0.2) is 0 Å². The number of nitrogens with two attached hydrogens (primary N) is 2. The molecule has 0 spiro atoms. The van der Waals surface area contributed by atoms with Crippen LogP contribution in [-0.2, 0) is 48.2 Å². The highest BCUT2D eigenvalue weighted by atomic mass is 16.5. The van der Waals surface area contributed by atoms with E-state index in [-0.39, 0.29) is 38.8 Å². The Balaban J connectivity index is 1.53. The number of carbonyl (C=O) groups excluding carboxylic acids is 5. The monoisotopic (exact) mass is 794 g/mol. The van der Waals surface area contributed by atoms with E-state index in [4.69, 9.17) is 16.2 Å². The third-order valence-electron chi connectivity index (χ3n) is 10.5. The number of H-pyrrole nitrogens is 1. The first kappa shape index (κ1) is 43.6. The van der Waals surface area contributed by atoms with Gasteiger partial charge < -0.3 is 47.8 Å². The lowest BCUT2D eigenvalue weighted by atomic mass is 10.0. The van der Waals surface area contributed by atoms with Gasteiger partial charge in [-0.25, -0.2) is 0 Å². The van der Waals surface area contributed by atoms with Crippen LogP contribution in [0.25, 0.3) is 10.9 Å². The van der Waals surface area contributed by atoms with E-state index < -0.39 is 65.8 Å². The lowest BCUT2D eigenvalue weighted by Crippen LogP contribution is -2.60. The molecule has 6 atom stereocenters. The third-order valence-corrected chi connectivity index (χ3v) is 10.5. The van der Waals surface area contributed by atoms with E-state index in [1.54, 1.807) is 13.1 Å². The number of fused-ring (bicyclic) bond motifs is 1. The van der Waals surface area contributed by atoms with Crippen molar-refractivity contribution in [3.63, 3.8) is 0 Å². The summed E-state index contributed by atoms with van der Waals surface area (Å²) in [6.45, 7) is 2.62. The minimum absolute atomic E-state index is 0.0806. The number of hydrogen-bond donors (Lipinski definition) is 8. The second-order valence-corrected chi connectivity index (χ2v) is 14.9. The smallest absolute Gasteiger partial charge is 0.245 e. The predicted octanol–water partition coefficient (Wildman–Crippen LogP) is 2.64. The molecule has 6 unspecified atom stereocenters. The van der Waals surface area contributed by atoms with Crippen LogP contribution < -0.4 is 38.1 Å². The molecule has 0 bridgehead atoms. The first-order chi connectivity index (χ1) is 28.2. The van der Waals surface area contributed by atoms with Crippen LogP contribution in [0.3, 0.4) is 0 Å². The summed E-state index contributed by atoms with van der Waals surface area (Å²) >= 11 is 0. The van der Waals surface area contributed by atoms with Crippen LogP contribution in [0.4, 0.5) is 0 Å². The summed E-state index contributed by atoms with van der Waals surface area (Å²) in [4.78, 5) is 74.7. The number of aromatic amines is 1. The molecule has 14 nitrogen and oxygen atoms in total. The first-order valence-corrected chi connectivity index (χ1v) is 20.3. The molecule has 310 valence electrons. The van der Waals surface area contributed by atoms with Gasteiger partial charge in [0.1, 0.15) is 30.2 Å². The highest BCUT2D eigenvalue weighted by molar-refractivity contribution is 5.98. The zero-order chi connectivity index (χ0) is 41.3.